The highest BCUT2D eigenvalue weighted by Gasteiger charge is 2.30. The van der Waals surface area contributed by atoms with Crippen LogP contribution >= 0.6 is 34.8 Å². The second kappa shape index (κ2) is 7.58. The van der Waals surface area contributed by atoms with Crippen molar-refractivity contribution in [2.75, 3.05) is 5.32 Å². The molecule has 0 unspecified atom stereocenters. The Hall–Kier alpha value is -1.57. The van der Waals surface area contributed by atoms with Crippen molar-refractivity contribution in [1.29, 1.82) is 0 Å². The SMILES string of the molecule is C[C@H](C1CC1)n1cc(Cl)nc(Nc2c(Cl)cc(OC(F)F)cc2Cl)c1=O. The molecule has 3 rings (SSSR count). The number of hydrogen-bond donors (Lipinski definition) is 1. The van der Waals surface area contributed by atoms with Crippen LogP contribution in [0.25, 0.3) is 0 Å². The first-order valence-electron chi connectivity index (χ1n) is 7.76. The van der Waals surface area contributed by atoms with Gasteiger partial charge in [0.15, 0.2) is 5.82 Å². The maximum atomic E-state index is 12.7. The average molecular weight is 425 g/mol. The Kier molecular flexibility index (Phi) is 5.60. The first kappa shape index (κ1) is 19.2. The Labute approximate surface area is 162 Å². The van der Waals surface area contributed by atoms with Gasteiger partial charge in [0.1, 0.15) is 10.9 Å². The van der Waals surface area contributed by atoms with E-state index in [0.717, 1.165) is 25.0 Å². The molecule has 2 aromatic rings. The fourth-order valence-corrected chi connectivity index (χ4v) is 3.38. The van der Waals surface area contributed by atoms with Gasteiger partial charge in [-0.15, -0.1) is 0 Å². The van der Waals surface area contributed by atoms with Gasteiger partial charge >= 0.3 is 6.61 Å². The number of aromatic nitrogens is 2. The van der Waals surface area contributed by atoms with Gasteiger partial charge in [0.25, 0.3) is 5.56 Å². The van der Waals surface area contributed by atoms with E-state index in [9.17, 15) is 13.6 Å². The van der Waals surface area contributed by atoms with Crippen molar-refractivity contribution in [1.82, 2.24) is 9.55 Å². The van der Waals surface area contributed by atoms with E-state index < -0.39 is 6.61 Å². The quantitative estimate of drug-likeness (QED) is 0.663. The highest BCUT2D eigenvalue weighted by Crippen LogP contribution is 2.39. The van der Waals surface area contributed by atoms with Crippen molar-refractivity contribution in [3.63, 3.8) is 0 Å². The predicted molar refractivity (Wildman–Crippen MR) is 97.3 cm³/mol. The first-order valence-corrected chi connectivity index (χ1v) is 8.89. The molecule has 0 spiro atoms. The molecule has 1 atom stereocenters. The van der Waals surface area contributed by atoms with Crippen LogP contribution in [0, 0.1) is 5.92 Å². The van der Waals surface area contributed by atoms with Gasteiger partial charge in [-0.25, -0.2) is 4.98 Å². The molecule has 1 heterocycles. The summed E-state index contributed by atoms with van der Waals surface area (Å²) in [5.74, 6) is 0.174. The molecule has 140 valence electrons. The van der Waals surface area contributed by atoms with E-state index in [1.807, 2.05) is 6.92 Å². The average Bonchev–Trinajstić information content (AvgIpc) is 3.37. The highest BCUT2D eigenvalue weighted by molar-refractivity contribution is 6.39. The highest BCUT2D eigenvalue weighted by atomic mass is 35.5. The van der Waals surface area contributed by atoms with Gasteiger partial charge in [-0.1, -0.05) is 34.8 Å². The van der Waals surface area contributed by atoms with Crippen molar-refractivity contribution in [2.45, 2.75) is 32.4 Å². The Morgan fingerprint density at radius 3 is 2.42 bits per heavy atom. The number of alkyl halides is 2. The van der Waals surface area contributed by atoms with Crippen LogP contribution < -0.4 is 15.6 Å². The summed E-state index contributed by atoms with van der Waals surface area (Å²) in [6.45, 7) is -1.07. The molecular formula is C16H14Cl3F2N3O2. The third-order valence-corrected chi connectivity index (χ3v) is 4.91. The molecule has 0 radical (unpaired) electrons. The van der Waals surface area contributed by atoms with Crippen LogP contribution in [0.1, 0.15) is 25.8 Å². The topological polar surface area (TPSA) is 56.1 Å². The summed E-state index contributed by atoms with van der Waals surface area (Å²) in [5.41, 5.74) is -0.235. The maximum absolute atomic E-state index is 12.7. The number of hydrogen-bond acceptors (Lipinski definition) is 4. The zero-order chi connectivity index (χ0) is 19.0. The molecule has 1 aliphatic rings. The van der Waals surface area contributed by atoms with Gasteiger partial charge in [-0.2, -0.15) is 8.78 Å². The minimum atomic E-state index is -3.01. The van der Waals surface area contributed by atoms with Crippen LogP contribution in [0.5, 0.6) is 5.75 Å². The molecule has 5 nitrogen and oxygen atoms in total. The predicted octanol–water partition coefficient (Wildman–Crippen LogP) is 5.52. The lowest BCUT2D eigenvalue weighted by atomic mass is 10.2. The standard InChI is InChI=1S/C16H14Cl3F2N3O2/c1-7(8-2-3-8)24-6-12(19)22-14(15(24)25)23-13-10(17)4-9(5-11(13)18)26-16(20)21/h4-8,16H,2-3H2,1H3,(H,22,23)/t7-/m1/s1. The zero-order valence-electron chi connectivity index (χ0n) is 13.5. The van der Waals surface area contributed by atoms with E-state index in [0.29, 0.717) is 5.92 Å². The minimum Gasteiger partial charge on any atom is -0.435 e. The number of nitrogens with one attached hydrogen (secondary N) is 1. The Balaban J connectivity index is 1.95. The second-order valence-electron chi connectivity index (χ2n) is 5.97. The van der Waals surface area contributed by atoms with Crippen LogP contribution in [-0.2, 0) is 0 Å². The van der Waals surface area contributed by atoms with Gasteiger partial charge in [0.2, 0.25) is 0 Å². The van der Waals surface area contributed by atoms with E-state index in [1.165, 1.54) is 10.8 Å². The van der Waals surface area contributed by atoms with Crippen molar-refractivity contribution < 1.29 is 13.5 Å². The van der Waals surface area contributed by atoms with Crippen molar-refractivity contribution >= 4 is 46.3 Å². The summed E-state index contributed by atoms with van der Waals surface area (Å²) >= 11 is 18.2. The van der Waals surface area contributed by atoms with E-state index in [1.54, 1.807) is 0 Å². The van der Waals surface area contributed by atoms with E-state index in [2.05, 4.69) is 15.0 Å². The lowest BCUT2D eigenvalue weighted by molar-refractivity contribution is -0.0498. The van der Waals surface area contributed by atoms with Crippen LogP contribution in [0.4, 0.5) is 20.3 Å². The fraction of sp³-hybridized carbons (Fsp3) is 0.375. The molecule has 1 N–H and O–H groups in total. The number of nitrogens with zero attached hydrogens (tertiary/aromatic N) is 2. The Morgan fingerprint density at radius 1 is 1.27 bits per heavy atom. The van der Waals surface area contributed by atoms with E-state index in [-0.39, 0.29) is 44.1 Å². The third-order valence-electron chi connectivity index (χ3n) is 4.13. The van der Waals surface area contributed by atoms with Gasteiger partial charge < -0.3 is 14.6 Å². The van der Waals surface area contributed by atoms with Crippen molar-refractivity contribution in [2.24, 2.45) is 5.92 Å². The van der Waals surface area contributed by atoms with Gasteiger partial charge in [-0.05, 0) is 25.7 Å². The molecule has 1 saturated carbocycles. The molecule has 1 aromatic carbocycles. The Bertz CT molecular complexity index is 865. The van der Waals surface area contributed by atoms with Crippen molar-refractivity contribution in [3.8, 4) is 5.75 Å². The minimum absolute atomic E-state index is 0.00360. The molecule has 0 saturated heterocycles. The largest absolute Gasteiger partial charge is 0.435 e. The lowest BCUT2D eigenvalue weighted by Gasteiger charge is -2.17. The normalized spacial score (nSPS) is 15.2. The van der Waals surface area contributed by atoms with E-state index >= 15 is 0 Å². The third kappa shape index (κ3) is 4.22. The van der Waals surface area contributed by atoms with Crippen molar-refractivity contribution in [3.05, 3.63) is 43.9 Å². The monoisotopic (exact) mass is 423 g/mol. The van der Waals surface area contributed by atoms with Crippen LogP contribution in [0.2, 0.25) is 15.2 Å². The zero-order valence-corrected chi connectivity index (χ0v) is 15.7. The van der Waals surface area contributed by atoms with Crippen LogP contribution in [0.3, 0.4) is 0 Å². The lowest BCUT2D eigenvalue weighted by Crippen LogP contribution is -2.27. The maximum Gasteiger partial charge on any atom is 0.387 e. The summed E-state index contributed by atoms with van der Waals surface area (Å²) in [6, 6.07) is 2.31. The molecule has 1 aromatic heterocycles. The molecule has 26 heavy (non-hydrogen) atoms. The number of halogens is 5. The van der Waals surface area contributed by atoms with Gasteiger partial charge in [0, 0.05) is 24.4 Å². The summed E-state index contributed by atoms with van der Waals surface area (Å²) in [6.07, 6.45) is 3.60. The number of rotatable bonds is 6. The molecule has 0 bridgehead atoms. The molecule has 10 heteroatoms. The number of benzene rings is 1. The summed E-state index contributed by atoms with van der Waals surface area (Å²) in [4.78, 5) is 16.7. The molecule has 1 aliphatic carbocycles. The number of ether oxygens (including phenoxy) is 1. The van der Waals surface area contributed by atoms with Crippen LogP contribution in [-0.4, -0.2) is 16.2 Å². The Morgan fingerprint density at radius 2 is 1.88 bits per heavy atom. The fourth-order valence-electron chi connectivity index (χ4n) is 2.63. The first-order chi connectivity index (χ1) is 12.3. The van der Waals surface area contributed by atoms with Gasteiger partial charge in [0.05, 0.1) is 15.7 Å². The summed E-state index contributed by atoms with van der Waals surface area (Å²) in [7, 11) is 0. The molecule has 0 amide bonds. The summed E-state index contributed by atoms with van der Waals surface area (Å²) < 4.78 is 30.4. The smallest absolute Gasteiger partial charge is 0.387 e. The van der Waals surface area contributed by atoms with E-state index in [4.69, 9.17) is 34.8 Å². The molecular weight excluding hydrogens is 411 g/mol. The van der Waals surface area contributed by atoms with Crippen LogP contribution in [0.15, 0.2) is 23.1 Å². The van der Waals surface area contributed by atoms with Gasteiger partial charge in [-0.3, -0.25) is 4.79 Å². The molecule has 0 aliphatic heterocycles. The molecule has 1 fully saturated rings. The second-order valence-corrected chi connectivity index (χ2v) is 7.17. The summed E-state index contributed by atoms with van der Waals surface area (Å²) in [5, 5.41) is 2.87. The number of anilines is 2.